The predicted molar refractivity (Wildman–Crippen MR) is 391 cm³/mol. The van der Waals surface area contributed by atoms with E-state index in [1.807, 2.05) is 13.0 Å². The van der Waals surface area contributed by atoms with Gasteiger partial charge >= 0.3 is 0 Å². The molecule has 0 fully saturated rings. The van der Waals surface area contributed by atoms with E-state index in [-0.39, 0.29) is 43.3 Å². The number of benzene rings is 4. The molecule has 0 saturated carbocycles. The van der Waals surface area contributed by atoms with Gasteiger partial charge in [-0.2, -0.15) is 0 Å². The van der Waals surface area contributed by atoms with Crippen molar-refractivity contribution in [2.24, 2.45) is 28.2 Å². The third-order valence-corrected chi connectivity index (χ3v) is 23.1. The van der Waals surface area contributed by atoms with Gasteiger partial charge in [0.2, 0.25) is 22.8 Å². The molecule has 488 valence electrons. The Balaban J connectivity index is 0.000000149. The summed E-state index contributed by atoms with van der Waals surface area (Å²) in [6.45, 7) is 51.3. The number of fused-ring (bicyclic) bond motifs is 4. The van der Waals surface area contributed by atoms with E-state index < -0.39 is 6.85 Å². The minimum Gasteiger partial charge on any atom is -0.201 e. The Labute approximate surface area is 564 Å². The highest BCUT2D eigenvalue weighted by molar-refractivity contribution is 5.69. The van der Waals surface area contributed by atoms with Crippen LogP contribution in [0.2, 0.25) is 0 Å². The van der Waals surface area contributed by atoms with Crippen LogP contribution >= 0.6 is 0 Å². The van der Waals surface area contributed by atoms with Crippen molar-refractivity contribution in [3.05, 3.63) is 211 Å². The van der Waals surface area contributed by atoms with Crippen molar-refractivity contribution in [1.82, 2.24) is 0 Å². The maximum atomic E-state index is 7.64. The molecule has 0 radical (unpaired) electrons. The van der Waals surface area contributed by atoms with Gasteiger partial charge in [0, 0.05) is 73.4 Å². The molecule has 4 heteroatoms. The minimum atomic E-state index is -2.06. The fraction of sp³-hybridized carbons (Fsp3) is 0.500. The van der Waals surface area contributed by atoms with Crippen LogP contribution in [0.1, 0.15) is 255 Å². The SMILES string of the molecule is Cc1cc(-c2cc3c(cc2C)C(C)(C)CCC3(C)C)[n+](C)cc1C.Cc1cc2c(cc1-c1cccc[n+]1C)C(C)(C)CCC2(C)C.Cc1ccc(-c2cc3c(cc2C)C(C)(C)CCC3(C)C)[n+](C)c1.[2H]C([2H])([2H])c1ccc(-c2cc3c(c[n+]2C)C(C)(C)CCC3(C)C)c(C)c1. The van der Waals surface area contributed by atoms with Gasteiger partial charge in [0.15, 0.2) is 24.8 Å². The summed E-state index contributed by atoms with van der Waals surface area (Å²) < 4.78 is 31.8. The van der Waals surface area contributed by atoms with Gasteiger partial charge in [-0.15, -0.1) is 0 Å². The summed E-state index contributed by atoms with van der Waals surface area (Å²) in [5, 5.41) is 0. The van der Waals surface area contributed by atoms with Crippen molar-refractivity contribution in [1.29, 1.82) is 0 Å². The van der Waals surface area contributed by atoms with Crippen LogP contribution in [0.15, 0.2) is 122 Å². The van der Waals surface area contributed by atoms with Gasteiger partial charge in [-0.05, 0) is 253 Å². The number of aromatic nitrogens is 4. The molecule has 0 spiro atoms. The zero-order valence-electron chi connectivity index (χ0n) is 65.5. The van der Waals surface area contributed by atoms with Gasteiger partial charge in [-0.1, -0.05) is 147 Å². The average molecular weight is 1240 g/mol. The molecule has 4 aromatic carbocycles. The van der Waals surface area contributed by atoms with E-state index in [9.17, 15) is 0 Å². The summed E-state index contributed by atoms with van der Waals surface area (Å²) in [4.78, 5) is 0. The van der Waals surface area contributed by atoms with Gasteiger partial charge in [0.1, 0.15) is 28.2 Å². The second kappa shape index (κ2) is 25.0. The van der Waals surface area contributed by atoms with Crippen LogP contribution < -0.4 is 18.3 Å². The predicted octanol–water partition coefficient (Wildman–Crippen LogP) is 20.6. The Morgan fingerprint density at radius 2 is 0.609 bits per heavy atom. The molecule has 0 N–H and O–H groups in total. The lowest BCUT2D eigenvalue weighted by molar-refractivity contribution is -0.661. The van der Waals surface area contributed by atoms with Gasteiger partial charge in [0.05, 0.1) is 0 Å². The smallest absolute Gasteiger partial charge is 0.201 e. The third-order valence-electron chi connectivity index (χ3n) is 23.1. The number of nitrogens with zero attached hydrogens (tertiary/aromatic N) is 4. The molecule has 4 aliphatic rings. The Bertz CT molecular complexity index is 4250. The second-order valence-corrected chi connectivity index (χ2v) is 34.4. The van der Waals surface area contributed by atoms with E-state index >= 15 is 0 Å². The van der Waals surface area contributed by atoms with Crippen molar-refractivity contribution < 1.29 is 22.4 Å². The summed E-state index contributed by atoms with van der Waals surface area (Å²) in [6, 6.07) is 35.8. The first kappa shape index (κ1) is 65.5. The van der Waals surface area contributed by atoms with E-state index in [4.69, 9.17) is 4.11 Å². The standard InChI is InChI=1S/C23H32N.2C22H30N.C21H28N/c1-15-12-21(24(8)14-17(15)3)18-13-20-19(11-16(18)2)22(4,5)9-10-23(20,6)7;1-15-8-9-20(23(7)14-15)17-13-19-18(12-16(17)2)21(3,4)10-11-22(19,5)6;1-15-8-9-17(16(2)12-15)20-13-18-19(14-23(20)7)22(5,6)11-10-21(18,3)4;1-15-13-17-18(21(4,5)11-10-20(17,2)3)14-16(15)19-9-7-8-12-22(19)6/h11-14H,9-10H2,1-8H3;2*8-9,12-14H,10-11H2,1-7H3;7-9,12-14H,10-11H2,1-6H3/q4*+1/i;;1D3;. The summed E-state index contributed by atoms with van der Waals surface area (Å²) in [5.74, 6) is 0. The molecule has 0 aliphatic heterocycles. The molecule has 4 nitrogen and oxygen atoms in total. The topological polar surface area (TPSA) is 15.5 Å². The highest BCUT2D eigenvalue weighted by atomic mass is 14.9. The normalized spacial score (nSPS) is 19.2. The van der Waals surface area contributed by atoms with Crippen LogP contribution in [0.4, 0.5) is 0 Å². The minimum absolute atomic E-state index is 0.153. The number of hydrogen-bond donors (Lipinski definition) is 0. The van der Waals surface area contributed by atoms with E-state index in [1.165, 1.54) is 146 Å². The molecule has 8 aromatic rings. The van der Waals surface area contributed by atoms with Crippen molar-refractivity contribution in [3.8, 4) is 45.0 Å². The fourth-order valence-corrected chi connectivity index (χ4v) is 15.8. The average Bonchev–Trinajstić information content (AvgIpc) is 0.764. The first-order chi connectivity index (χ1) is 43.7. The molecular weight excluding hydrogens is 1110 g/mol. The third kappa shape index (κ3) is 13.9. The van der Waals surface area contributed by atoms with Gasteiger partial charge < -0.3 is 0 Å². The maximum Gasteiger partial charge on any atom is 0.212 e. The zero-order valence-corrected chi connectivity index (χ0v) is 62.5. The van der Waals surface area contributed by atoms with Crippen molar-refractivity contribution in [3.63, 3.8) is 0 Å². The molecule has 4 heterocycles. The van der Waals surface area contributed by atoms with Crippen LogP contribution in [-0.4, -0.2) is 0 Å². The Morgan fingerprint density at radius 3 is 1.01 bits per heavy atom. The van der Waals surface area contributed by atoms with Crippen molar-refractivity contribution >= 4 is 0 Å². The van der Waals surface area contributed by atoms with Crippen LogP contribution in [0.3, 0.4) is 0 Å². The number of aryl methyl sites for hydroxylation is 12. The van der Waals surface area contributed by atoms with E-state index in [0.717, 1.165) is 16.8 Å². The van der Waals surface area contributed by atoms with E-state index in [1.54, 1.807) is 28.8 Å². The van der Waals surface area contributed by atoms with Crippen LogP contribution in [-0.2, 0) is 71.5 Å². The lowest BCUT2D eigenvalue weighted by Gasteiger charge is -2.42. The summed E-state index contributed by atoms with van der Waals surface area (Å²) in [5.41, 5.74) is 33.9. The molecular formula is C88H120N4+4. The van der Waals surface area contributed by atoms with Crippen molar-refractivity contribution in [2.75, 3.05) is 0 Å². The molecule has 4 aromatic heterocycles. The van der Waals surface area contributed by atoms with Crippen LogP contribution in [0.25, 0.3) is 45.0 Å². The molecule has 0 bridgehead atoms. The number of rotatable bonds is 4. The number of pyridine rings is 4. The monoisotopic (exact) mass is 1240 g/mol. The Hall–Kier alpha value is -6.52. The second-order valence-electron chi connectivity index (χ2n) is 34.4. The quantitative estimate of drug-likeness (QED) is 0.156. The lowest BCUT2D eigenvalue weighted by atomic mass is 9.62. The largest absolute Gasteiger partial charge is 0.212 e. The van der Waals surface area contributed by atoms with E-state index in [0.29, 0.717) is 5.56 Å². The molecule has 92 heavy (non-hydrogen) atoms. The van der Waals surface area contributed by atoms with Gasteiger partial charge in [-0.3, -0.25) is 0 Å². The van der Waals surface area contributed by atoms with Gasteiger partial charge in [0.25, 0.3) is 0 Å². The summed E-state index contributed by atoms with van der Waals surface area (Å²) in [7, 11) is 8.53. The maximum absolute atomic E-state index is 7.64. The lowest BCUT2D eigenvalue weighted by Crippen LogP contribution is -2.40. The molecule has 4 aliphatic carbocycles. The summed E-state index contributed by atoms with van der Waals surface area (Å²) in [6.07, 6.45) is 18.8. The summed E-state index contributed by atoms with van der Waals surface area (Å²) >= 11 is 0. The Morgan fingerprint density at radius 1 is 0.272 bits per heavy atom. The van der Waals surface area contributed by atoms with E-state index in [2.05, 4.69) is 302 Å². The number of hydrogen-bond acceptors (Lipinski definition) is 0. The highest BCUT2D eigenvalue weighted by Gasteiger charge is 2.43. The van der Waals surface area contributed by atoms with Crippen LogP contribution in [0.5, 0.6) is 0 Å². The molecule has 0 unspecified atom stereocenters. The highest BCUT2D eigenvalue weighted by Crippen LogP contribution is 2.51. The molecule has 0 atom stereocenters. The van der Waals surface area contributed by atoms with Crippen molar-refractivity contribution in [2.45, 2.75) is 261 Å². The van der Waals surface area contributed by atoms with Gasteiger partial charge in [-0.25, -0.2) is 18.3 Å². The zero-order chi connectivity index (χ0) is 70.5. The fourth-order valence-electron chi connectivity index (χ4n) is 15.8. The molecule has 0 amide bonds. The van der Waals surface area contributed by atoms with Crippen LogP contribution in [0, 0.1) is 55.3 Å². The Kier molecular flexibility index (Phi) is 17.8. The molecule has 12 rings (SSSR count). The first-order valence-corrected chi connectivity index (χ1v) is 34.7. The first-order valence-electron chi connectivity index (χ1n) is 36.2. The molecule has 0 saturated heterocycles.